The van der Waals surface area contributed by atoms with Crippen molar-refractivity contribution in [3.63, 3.8) is 0 Å². The van der Waals surface area contributed by atoms with Crippen LogP contribution < -0.4 is 5.73 Å². The lowest BCUT2D eigenvalue weighted by molar-refractivity contribution is 0.0405. The summed E-state index contributed by atoms with van der Waals surface area (Å²) in [5.41, 5.74) is 6.27. The average Bonchev–Trinajstić information content (AvgIpc) is 2.15. The molecule has 0 spiro atoms. The van der Waals surface area contributed by atoms with E-state index >= 15 is 0 Å². The van der Waals surface area contributed by atoms with Gasteiger partial charge in [0, 0.05) is 5.56 Å². The first kappa shape index (κ1) is 13.4. The molecule has 0 aromatic heterocycles. The first-order chi connectivity index (χ1) is 7.20. The summed E-state index contributed by atoms with van der Waals surface area (Å²) in [5, 5.41) is 9.92. The molecule has 1 aromatic rings. The molecule has 16 heavy (non-hydrogen) atoms. The molecule has 3 N–H and O–H groups in total. The molecule has 2 atom stereocenters. The van der Waals surface area contributed by atoms with Crippen molar-refractivity contribution in [3.05, 3.63) is 35.6 Å². The summed E-state index contributed by atoms with van der Waals surface area (Å²) in [5.74, 6) is -0.0806. The molecule has 1 aliphatic rings. The first-order valence-electron chi connectivity index (χ1n) is 5.38. The van der Waals surface area contributed by atoms with Gasteiger partial charge >= 0.3 is 0 Å². The molecule has 1 aliphatic carbocycles. The van der Waals surface area contributed by atoms with Crippen LogP contribution in [0.1, 0.15) is 30.9 Å². The van der Waals surface area contributed by atoms with Crippen molar-refractivity contribution in [1.29, 1.82) is 0 Å². The molecule has 0 radical (unpaired) electrons. The Morgan fingerprint density at radius 1 is 1.31 bits per heavy atom. The predicted molar refractivity (Wildman–Crippen MR) is 63.9 cm³/mol. The molecule has 0 heterocycles. The lowest BCUT2D eigenvalue weighted by Gasteiger charge is -2.33. The quantitative estimate of drug-likeness (QED) is 0.859. The summed E-state index contributed by atoms with van der Waals surface area (Å²) < 4.78 is 13.4. The van der Waals surface area contributed by atoms with E-state index < -0.39 is 12.1 Å². The van der Waals surface area contributed by atoms with Crippen molar-refractivity contribution in [1.82, 2.24) is 0 Å². The van der Waals surface area contributed by atoms with E-state index in [1.165, 1.54) is 6.07 Å². The standard InChI is InChI=1S/C12H16FNO.ClH/c13-10-7-2-1-6-9(10)11(14)12(15)8-4-3-5-8;/h1-2,6-8,11-12,15H,3-5,14H2;1H/t11-,12+;/m0./s1. The van der Waals surface area contributed by atoms with Gasteiger partial charge in [-0.2, -0.15) is 0 Å². The molecule has 90 valence electrons. The number of hydrogen-bond acceptors (Lipinski definition) is 2. The van der Waals surface area contributed by atoms with Gasteiger partial charge in [-0.15, -0.1) is 12.4 Å². The van der Waals surface area contributed by atoms with Crippen LogP contribution in [-0.2, 0) is 0 Å². The van der Waals surface area contributed by atoms with Gasteiger partial charge in [-0.25, -0.2) is 4.39 Å². The van der Waals surface area contributed by atoms with Gasteiger partial charge in [-0.1, -0.05) is 24.6 Å². The zero-order valence-electron chi connectivity index (χ0n) is 8.97. The van der Waals surface area contributed by atoms with E-state index in [4.69, 9.17) is 5.73 Å². The number of benzene rings is 1. The molecule has 0 bridgehead atoms. The predicted octanol–water partition coefficient (Wildman–Crippen LogP) is 2.41. The summed E-state index contributed by atoms with van der Waals surface area (Å²) >= 11 is 0. The highest BCUT2D eigenvalue weighted by molar-refractivity contribution is 5.85. The van der Waals surface area contributed by atoms with Gasteiger partial charge in [0.2, 0.25) is 0 Å². The van der Waals surface area contributed by atoms with Crippen molar-refractivity contribution in [2.24, 2.45) is 11.7 Å². The van der Waals surface area contributed by atoms with Gasteiger partial charge in [0.15, 0.2) is 0 Å². The summed E-state index contributed by atoms with van der Waals surface area (Å²) in [4.78, 5) is 0. The number of aliphatic hydroxyl groups is 1. The second-order valence-electron chi connectivity index (χ2n) is 4.23. The zero-order valence-corrected chi connectivity index (χ0v) is 9.79. The molecule has 2 rings (SSSR count). The fourth-order valence-corrected chi connectivity index (χ4v) is 2.00. The minimum absolute atomic E-state index is 0. The van der Waals surface area contributed by atoms with Crippen molar-refractivity contribution < 1.29 is 9.50 Å². The largest absolute Gasteiger partial charge is 0.391 e. The Labute approximate surface area is 101 Å². The van der Waals surface area contributed by atoms with E-state index in [0.717, 1.165) is 19.3 Å². The van der Waals surface area contributed by atoms with Crippen molar-refractivity contribution in [3.8, 4) is 0 Å². The lowest BCUT2D eigenvalue weighted by Crippen LogP contribution is -2.36. The lowest BCUT2D eigenvalue weighted by atomic mass is 9.77. The van der Waals surface area contributed by atoms with Crippen LogP contribution in [0.2, 0.25) is 0 Å². The van der Waals surface area contributed by atoms with E-state index in [2.05, 4.69) is 0 Å². The number of hydrogen-bond donors (Lipinski definition) is 2. The normalized spacial score (nSPS) is 19.4. The molecule has 0 amide bonds. The van der Waals surface area contributed by atoms with Gasteiger partial charge in [0.25, 0.3) is 0 Å². The fourth-order valence-electron chi connectivity index (χ4n) is 2.00. The third-order valence-corrected chi connectivity index (χ3v) is 3.27. The van der Waals surface area contributed by atoms with E-state index in [-0.39, 0.29) is 24.1 Å². The molecule has 0 saturated heterocycles. The minimum atomic E-state index is -0.615. The summed E-state index contributed by atoms with van der Waals surface area (Å²) in [6, 6.07) is 5.79. The number of aliphatic hydroxyl groups excluding tert-OH is 1. The Morgan fingerprint density at radius 2 is 1.94 bits per heavy atom. The Balaban J connectivity index is 0.00000128. The molecular formula is C12H17ClFNO. The molecule has 1 fully saturated rings. The maximum Gasteiger partial charge on any atom is 0.128 e. The summed E-state index contributed by atoms with van der Waals surface area (Å²) in [6.07, 6.45) is 2.54. The van der Waals surface area contributed by atoms with E-state index in [9.17, 15) is 9.50 Å². The Hall–Kier alpha value is -0.640. The van der Waals surface area contributed by atoms with Gasteiger partial charge < -0.3 is 10.8 Å². The molecule has 1 saturated carbocycles. The minimum Gasteiger partial charge on any atom is -0.391 e. The second kappa shape index (κ2) is 5.62. The maximum atomic E-state index is 13.4. The highest BCUT2D eigenvalue weighted by atomic mass is 35.5. The first-order valence-corrected chi connectivity index (χ1v) is 5.38. The van der Waals surface area contributed by atoms with Crippen LogP contribution in [0.15, 0.2) is 24.3 Å². The SMILES string of the molecule is Cl.N[C@@H](c1ccccc1F)[C@H](O)C1CCC1. The third kappa shape index (κ3) is 2.54. The number of nitrogens with two attached hydrogens (primary N) is 1. The molecule has 0 aliphatic heterocycles. The Morgan fingerprint density at radius 3 is 2.44 bits per heavy atom. The van der Waals surface area contributed by atoms with Crippen LogP contribution in [-0.4, -0.2) is 11.2 Å². The Bertz CT molecular complexity index is 344. The van der Waals surface area contributed by atoms with Gasteiger partial charge in [0.05, 0.1) is 12.1 Å². The topological polar surface area (TPSA) is 46.2 Å². The van der Waals surface area contributed by atoms with Gasteiger partial charge in [-0.05, 0) is 24.8 Å². The summed E-state index contributed by atoms with van der Waals surface area (Å²) in [7, 11) is 0. The van der Waals surface area contributed by atoms with E-state index in [1.54, 1.807) is 18.2 Å². The van der Waals surface area contributed by atoms with Crippen LogP contribution in [0.4, 0.5) is 4.39 Å². The Kier molecular flexibility index (Phi) is 4.71. The van der Waals surface area contributed by atoms with E-state index in [0.29, 0.717) is 5.56 Å². The van der Waals surface area contributed by atoms with E-state index in [1.807, 2.05) is 0 Å². The molecule has 4 heteroatoms. The van der Waals surface area contributed by atoms with Crippen LogP contribution in [0.3, 0.4) is 0 Å². The third-order valence-electron chi connectivity index (χ3n) is 3.27. The van der Waals surface area contributed by atoms with Crippen LogP contribution >= 0.6 is 12.4 Å². The fraction of sp³-hybridized carbons (Fsp3) is 0.500. The van der Waals surface area contributed by atoms with Crippen molar-refractivity contribution in [2.75, 3.05) is 0 Å². The number of rotatable bonds is 3. The summed E-state index contributed by atoms with van der Waals surface area (Å²) in [6.45, 7) is 0. The van der Waals surface area contributed by atoms with Crippen LogP contribution in [0, 0.1) is 11.7 Å². The highest BCUT2D eigenvalue weighted by Crippen LogP contribution is 2.34. The van der Waals surface area contributed by atoms with Crippen LogP contribution in [0.25, 0.3) is 0 Å². The smallest absolute Gasteiger partial charge is 0.128 e. The zero-order chi connectivity index (χ0) is 10.8. The molecular weight excluding hydrogens is 229 g/mol. The monoisotopic (exact) mass is 245 g/mol. The molecule has 2 nitrogen and oxygen atoms in total. The molecule has 1 aromatic carbocycles. The van der Waals surface area contributed by atoms with Crippen molar-refractivity contribution in [2.45, 2.75) is 31.4 Å². The maximum absolute atomic E-state index is 13.4. The van der Waals surface area contributed by atoms with Crippen LogP contribution in [0.5, 0.6) is 0 Å². The number of halogens is 2. The highest BCUT2D eigenvalue weighted by Gasteiger charge is 2.31. The second-order valence-corrected chi connectivity index (χ2v) is 4.23. The van der Waals surface area contributed by atoms with Crippen molar-refractivity contribution >= 4 is 12.4 Å². The van der Waals surface area contributed by atoms with Gasteiger partial charge in [0.1, 0.15) is 5.82 Å². The average molecular weight is 246 g/mol. The van der Waals surface area contributed by atoms with Gasteiger partial charge in [-0.3, -0.25) is 0 Å². The molecule has 0 unspecified atom stereocenters.